The molecule has 0 radical (unpaired) electrons. The van der Waals surface area contributed by atoms with Crippen molar-refractivity contribution >= 4 is 28.2 Å². The first kappa shape index (κ1) is 25.8. The van der Waals surface area contributed by atoms with Gasteiger partial charge in [-0.2, -0.15) is 8.78 Å². The quantitative estimate of drug-likeness (QED) is 0.441. The van der Waals surface area contributed by atoms with E-state index in [4.69, 9.17) is 16.2 Å². The highest BCUT2D eigenvalue weighted by Crippen LogP contribution is 2.51. The average Bonchev–Trinajstić information content (AvgIpc) is 3.45. The van der Waals surface area contributed by atoms with Gasteiger partial charge < -0.3 is 31.1 Å². The molecule has 1 aliphatic carbocycles. The number of piperidine rings is 1. The highest BCUT2D eigenvalue weighted by molar-refractivity contribution is 7.15. The van der Waals surface area contributed by atoms with Crippen LogP contribution in [0.3, 0.4) is 0 Å². The number of aliphatic hydroxyl groups is 1. The number of hydrogen-bond donors (Lipinski definition) is 3. The number of halogens is 2. The van der Waals surface area contributed by atoms with E-state index in [1.165, 1.54) is 11.8 Å². The van der Waals surface area contributed by atoms with Crippen LogP contribution in [0.25, 0.3) is 0 Å². The number of nitrogens with zero attached hydrogens (tertiary/aromatic N) is 5. The predicted octanol–water partition coefficient (Wildman–Crippen LogP) is 2.61. The lowest BCUT2D eigenvalue weighted by Crippen LogP contribution is -2.45. The lowest BCUT2D eigenvalue weighted by atomic mass is 9.73. The van der Waals surface area contributed by atoms with E-state index in [0.29, 0.717) is 18.9 Å². The number of anilines is 2. The molecule has 1 spiro atoms. The summed E-state index contributed by atoms with van der Waals surface area (Å²) in [6, 6.07) is 5.96. The second-order valence-corrected chi connectivity index (χ2v) is 11.6. The molecule has 1 aromatic carbocycles. The van der Waals surface area contributed by atoms with Crippen molar-refractivity contribution < 1.29 is 23.4 Å². The van der Waals surface area contributed by atoms with Crippen LogP contribution >= 0.6 is 11.3 Å². The van der Waals surface area contributed by atoms with Gasteiger partial charge in [0, 0.05) is 19.1 Å². The van der Waals surface area contributed by atoms with Gasteiger partial charge in [0.1, 0.15) is 22.8 Å². The summed E-state index contributed by atoms with van der Waals surface area (Å²) < 4.78 is 34.7. The minimum atomic E-state index is -3.32. The number of fused-ring (bicyclic) bond motifs is 2. The molecule has 13 heteroatoms. The Bertz CT molecular complexity index is 1440. The number of carbonyl (C=O) groups excluding carboxylic acids is 1. The summed E-state index contributed by atoms with van der Waals surface area (Å²) >= 11 is 0.938. The molecular formula is C26H29F2N7O3S. The maximum absolute atomic E-state index is 14.7. The van der Waals surface area contributed by atoms with E-state index >= 15 is 0 Å². The zero-order chi connectivity index (χ0) is 27.5. The molecular weight excluding hydrogens is 528 g/mol. The Morgan fingerprint density at radius 2 is 2.05 bits per heavy atom. The number of amides is 1. The van der Waals surface area contributed by atoms with E-state index in [0.717, 1.165) is 46.8 Å². The highest BCUT2D eigenvalue weighted by atomic mass is 32.1. The van der Waals surface area contributed by atoms with Gasteiger partial charge in [-0.25, -0.2) is 15.0 Å². The molecule has 1 fully saturated rings. The minimum absolute atomic E-state index is 0.0335. The van der Waals surface area contributed by atoms with Gasteiger partial charge in [-0.1, -0.05) is 17.4 Å². The number of nitrogen functional groups attached to an aromatic ring is 1. The third-order valence-electron chi connectivity index (χ3n) is 8.21. The van der Waals surface area contributed by atoms with Gasteiger partial charge in [-0.15, -0.1) is 0 Å². The zero-order valence-electron chi connectivity index (χ0n) is 21.4. The number of thiazole rings is 1. The summed E-state index contributed by atoms with van der Waals surface area (Å²) in [5, 5.41) is 10.1. The van der Waals surface area contributed by atoms with Gasteiger partial charge in [0.25, 0.3) is 5.91 Å². The fourth-order valence-electron chi connectivity index (χ4n) is 6.13. The van der Waals surface area contributed by atoms with Crippen LogP contribution in [0.1, 0.15) is 56.8 Å². The van der Waals surface area contributed by atoms with Crippen LogP contribution in [0.15, 0.2) is 24.4 Å². The second-order valence-electron chi connectivity index (χ2n) is 10.4. The smallest absolute Gasteiger partial charge is 0.308 e. The van der Waals surface area contributed by atoms with E-state index in [2.05, 4.69) is 21.0 Å². The number of nitrogens with two attached hydrogens (primary N) is 2. The van der Waals surface area contributed by atoms with Crippen LogP contribution in [0.5, 0.6) is 5.75 Å². The van der Waals surface area contributed by atoms with Gasteiger partial charge >= 0.3 is 5.92 Å². The minimum Gasteiger partial charge on any atom is -0.497 e. The Morgan fingerprint density at radius 3 is 2.77 bits per heavy atom. The molecule has 1 unspecified atom stereocenters. The number of rotatable bonds is 4. The van der Waals surface area contributed by atoms with Gasteiger partial charge in [-0.3, -0.25) is 4.79 Å². The molecule has 5 N–H and O–H groups in total. The van der Waals surface area contributed by atoms with E-state index in [1.807, 2.05) is 17.0 Å². The molecule has 39 heavy (non-hydrogen) atoms. The van der Waals surface area contributed by atoms with Gasteiger partial charge in [0.15, 0.2) is 10.9 Å². The number of ether oxygens (including phenoxy) is 1. The van der Waals surface area contributed by atoms with Crippen LogP contribution in [0, 0.1) is 5.41 Å². The van der Waals surface area contributed by atoms with E-state index in [9.17, 15) is 18.7 Å². The van der Waals surface area contributed by atoms with Gasteiger partial charge in [-0.05, 0) is 47.9 Å². The molecule has 6 rings (SSSR count). The first-order chi connectivity index (χ1) is 18.6. The maximum atomic E-state index is 14.7. The Labute approximate surface area is 227 Å². The van der Waals surface area contributed by atoms with Crippen LogP contribution in [0.2, 0.25) is 0 Å². The molecule has 4 heterocycles. The third-order valence-corrected chi connectivity index (χ3v) is 9.08. The predicted molar refractivity (Wildman–Crippen MR) is 141 cm³/mol. The fourth-order valence-corrected chi connectivity index (χ4v) is 7.03. The lowest BCUT2D eigenvalue weighted by Gasteiger charge is -2.42. The Hall–Kier alpha value is -3.42. The number of methoxy groups -OCH3 is 1. The molecule has 1 amide bonds. The molecule has 1 atom stereocenters. The number of aliphatic hydroxyl groups excluding tert-OH is 1. The highest BCUT2D eigenvalue weighted by Gasteiger charge is 2.47. The summed E-state index contributed by atoms with van der Waals surface area (Å²) in [7, 11) is 1.64. The van der Waals surface area contributed by atoms with Crippen LogP contribution < -0.4 is 21.1 Å². The monoisotopic (exact) mass is 557 g/mol. The lowest BCUT2D eigenvalue weighted by molar-refractivity contribution is -0.0479. The molecule has 3 aromatic rings. The first-order valence-corrected chi connectivity index (χ1v) is 13.5. The third kappa shape index (κ3) is 4.28. The van der Waals surface area contributed by atoms with Gasteiger partial charge in [0.2, 0.25) is 0 Å². The van der Waals surface area contributed by atoms with Crippen molar-refractivity contribution in [1.82, 2.24) is 19.9 Å². The van der Waals surface area contributed by atoms with Crippen molar-refractivity contribution in [3.8, 4) is 5.75 Å². The number of carbonyl (C=O) groups is 1. The van der Waals surface area contributed by atoms with Crippen molar-refractivity contribution in [2.24, 2.45) is 11.1 Å². The fraction of sp³-hybridized carbons (Fsp3) is 0.462. The van der Waals surface area contributed by atoms with E-state index in [1.54, 1.807) is 7.11 Å². The topological polar surface area (TPSA) is 144 Å². The zero-order valence-corrected chi connectivity index (χ0v) is 22.2. The summed E-state index contributed by atoms with van der Waals surface area (Å²) in [4.78, 5) is 29.0. The Balaban J connectivity index is 1.18. The van der Waals surface area contributed by atoms with Crippen molar-refractivity contribution in [3.05, 3.63) is 57.5 Å². The summed E-state index contributed by atoms with van der Waals surface area (Å²) in [5.41, 5.74) is 14.4. The summed E-state index contributed by atoms with van der Waals surface area (Å²) in [6.07, 6.45) is 3.82. The Kier molecular flexibility index (Phi) is 6.19. The molecule has 10 nitrogen and oxygen atoms in total. The molecule has 1 saturated heterocycles. The number of aromatic nitrogens is 3. The summed E-state index contributed by atoms with van der Waals surface area (Å²) in [6.45, 7) is -0.00711. The second kappa shape index (κ2) is 9.35. The summed E-state index contributed by atoms with van der Waals surface area (Å²) in [5.74, 6) is -2.74. The normalized spacial score (nSPS) is 21.1. The molecule has 0 saturated carbocycles. The molecule has 0 bridgehead atoms. The molecule has 2 aromatic heterocycles. The van der Waals surface area contributed by atoms with Crippen molar-refractivity contribution in [3.63, 3.8) is 0 Å². The number of alkyl halides is 2. The van der Waals surface area contributed by atoms with E-state index in [-0.39, 0.29) is 45.1 Å². The number of hydrogen-bond acceptors (Lipinski definition) is 10. The SMILES string of the molecule is COc1ccc2c(c1)C(N)C1(CCN(c3ncc(C(=O)N4Cc5sc(N)nc5C(F)(F)C4)nc3CO)CC1)C2. The van der Waals surface area contributed by atoms with Gasteiger partial charge in [0.05, 0.1) is 37.9 Å². The number of benzene rings is 1. The van der Waals surface area contributed by atoms with Crippen molar-refractivity contribution in [2.75, 3.05) is 37.4 Å². The van der Waals surface area contributed by atoms with E-state index < -0.39 is 25.0 Å². The molecule has 206 valence electrons. The van der Waals surface area contributed by atoms with Crippen LogP contribution in [-0.4, -0.2) is 57.6 Å². The largest absolute Gasteiger partial charge is 0.497 e. The average molecular weight is 558 g/mol. The van der Waals surface area contributed by atoms with Crippen molar-refractivity contribution in [2.45, 2.75) is 44.4 Å². The molecule has 3 aliphatic rings. The Morgan fingerprint density at radius 1 is 1.28 bits per heavy atom. The van der Waals surface area contributed by atoms with Crippen LogP contribution in [-0.2, 0) is 25.5 Å². The molecule has 2 aliphatic heterocycles. The van der Waals surface area contributed by atoms with Crippen LogP contribution in [0.4, 0.5) is 19.7 Å². The standard InChI is InChI=1S/C26H29F2N7O3S/c1-38-15-3-2-14-9-25(20(29)16(14)8-15)4-6-34(7-5-25)22-18(12-36)32-17(10-31-22)23(37)35-11-19-21(26(27,28)13-35)33-24(30)39-19/h2-3,8,10,20,36H,4-7,9,11-13,29H2,1H3,(H2,30,33). The van der Waals surface area contributed by atoms with Crippen molar-refractivity contribution in [1.29, 1.82) is 0 Å². The first-order valence-electron chi connectivity index (χ1n) is 12.7. The maximum Gasteiger partial charge on any atom is 0.308 e.